The summed E-state index contributed by atoms with van der Waals surface area (Å²) in [6.07, 6.45) is 13.6. The molecule has 1 saturated carbocycles. The van der Waals surface area contributed by atoms with Crippen molar-refractivity contribution in [2.75, 3.05) is 0 Å². The molecule has 0 aromatic carbocycles. The molecule has 22 heavy (non-hydrogen) atoms. The standard InChI is InChI=1S/C18H30O4/c1-2-15(19)12-10-14-11-13-17(20)16(14)8-6-4-3-5-7-9-18(21)22/h4,6,10,12,14-17,19-20H,2-3,5,7-9,11,13H2,1H3,(H,21,22). The number of carboxylic acids is 1. The molecular weight excluding hydrogens is 280 g/mol. The number of aliphatic carboxylic acids is 1. The third-order valence-corrected chi connectivity index (χ3v) is 4.43. The zero-order valence-electron chi connectivity index (χ0n) is 13.5. The molecule has 0 spiro atoms. The number of unbranched alkanes of at least 4 members (excludes halogenated alkanes) is 2. The van der Waals surface area contributed by atoms with Crippen molar-refractivity contribution in [3.05, 3.63) is 24.3 Å². The zero-order valence-corrected chi connectivity index (χ0v) is 13.5. The molecule has 4 heteroatoms. The highest BCUT2D eigenvalue weighted by atomic mass is 16.4. The van der Waals surface area contributed by atoms with Crippen LogP contribution in [-0.4, -0.2) is 33.5 Å². The summed E-state index contributed by atoms with van der Waals surface area (Å²) in [6.45, 7) is 1.95. The van der Waals surface area contributed by atoms with Crippen LogP contribution in [0, 0.1) is 11.8 Å². The number of allylic oxidation sites excluding steroid dienone is 3. The Labute approximate surface area is 133 Å². The Morgan fingerprint density at radius 2 is 2.05 bits per heavy atom. The van der Waals surface area contributed by atoms with Gasteiger partial charge in [0.05, 0.1) is 12.2 Å². The summed E-state index contributed by atoms with van der Waals surface area (Å²) in [6, 6.07) is 0. The van der Waals surface area contributed by atoms with E-state index in [2.05, 4.69) is 18.2 Å². The zero-order chi connectivity index (χ0) is 16.4. The van der Waals surface area contributed by atoms with Crippen LogP contribution in [0.25, 0.3) is 0 Å². The first kappa shape index (κ1) is 18.9. The molecule has 0 amide bonds. The van der Waals surface area contributed by atoms with Gasteiger partial charge in [0, 0.05) is 6.42 Å². The van der Waals surface area contributed by atoms with Gasteiger partial charge in [-0.3, -0.25) is 4.79 Å². The SMILES string of the molecule is CCC(O)C=CC1CCC(O)C1CC=CCCCCC(=O)O. The highest BCUT2D eigenvalue weighted by Crippen LogP contribution is 2.35. The van der Waals surface area contributed by atoms with Crippen LogP contribution in [-0.2, 0) is 4.79 Å². The van der Waals surface area contributed by atoms with Gasteiger partial charge in [-0.2, -0.15) is 0 Å². The molecule has 0 aliphatic heterocycles. The van der Waals surface area contributed by atoms with Crippen LogP contribution in [0.5, 0.6) is 0 Å². The lowest BCUT2D eigenvalue weighted by Gasteiger charge is -2.18. The molecule has 0 aromatic heterocycles. The van der Waals surface area contributed by atoms with Crippen LogP contribution in [0.4, 0.5) is 0 Å². The fourth-order valence-electron chi connectivity index (χ4n) is 2.96. The van der Waals surface area contributed by atoms with E-state index in [0.29, 0.717) is 18.8 Å². The number of carbonyl (C=O) groups is 1. The second kappa shape index (κ2) is 10.6. The van der Waals surface area contributed by atoms with Crippen LogP contribution in [0.3, 0.4) is 0 Å². The van der Waals surface area contributed by atoms with E-state index in [-0.39, 0.29) is 24.5 Å². The maximum Gasteiger partial charge on any atom is 0.303 e. The lowest BCUT2D eigenvalue weighted by Crippen LogP contribution is -2.17. The molecule has 0 saturated heterocycles. The summed E-state index contributed by atoms with van der Waals surface area (Å²) >= 11 is 0. The van der Waals surface area contributed by atoms with E-state index in [4.69, 9.17) is 5.11 Å². The molecule has 0 radical (unpaired) electrons. The smallest absolute Gasteiger partial charge is 0.303 e. The van der Waals surface area contributed by atoms with Gasteiger partial charge in [-0.05, 0) is 56.8 Å². The van der Waals surface area contributed by atoms with Crippen LogP contribution in [0.1, 0.15) is 58.3 Å². The molecule has 4 unspecified atom stereocenters. The number of aliphatic hydroxyl groups excluding tert-OH is 2. The molecule has 4 atom stereocenters. The van der Waals surface area contributed by atoms with E-state index in [1.807, 2.05) is 13.0 Å². The Morgan fingerprint density at radius 1 is 1.27 bits per heavy atom. The monoisotopic (exact) mass is 310 g/mol. The molecule has 1 aliphatic carbocycles. The number of rotatable bonds is 10. The number of hydrogen-bond donors (Lipinski definition) is 3. The second-order valence-corrected chi connectivity index (χ2v) is 6.18. The minimum atomic E-state index is -0.734. The van der Waals surface area contributed by atoms with Gasteiger partial charge in [0.2, 0.25) is 0 Å². The third kappa shape index (κ3) is 7.23. The van der Waals surface area contributed by atoms with Gasteiger partial charge in [0.1, 0.15) is 0 Å². The van der Waals surface area contributed by atoms with E-state index in [1.165, 1.54) is 0 Å². The maximum atomic E-state index is 10.4. The van der Waals surface area contributed by atoms with Gasteiger partial charge in [-0.15, -0.1) is 0 Å². The van der Waals surface area contributed by atoms with E-state index in [1.54, 1.807) is 0 Å². The molecule has 0 bridgehead atoms. The average molecular weight is 310 g/mol. The largest absolute Gasteiger partial charge is 0.481 e. The number of hydrogen-bond acceptors (Lipinski definition) is 3. The van der Waals surface area contributed by atoms with Gasteiger partial charge in [0.25, 0.3) is 0 Å². The topological polar surface area (TPSA) is 77.8 Å². The summed E-state index contributed by atoms with van der Waals surface area (Å²) in [7, 11) is 0. The Hall–Kier alpha value is -1.13. The van der Waals surface area contributed by atoms with E-state index < -0.39 is 5.97 Å². The Balaban J connectivity index is 2.31. The Morgan fingerprint density at radius 3 is 2.73 bits per heavy atom. The fraction of sp³-hybridized carbons (Fsp3) is 0.722. The summed E-state index contributed by atoms with van der Waals surface area (Å²) in [5, 5.41) is 28.2. The van der Waals surface area contributed by atoms with Gasteiger partial charge in [-0.1, -0.05) is 31.2 Å². The molecule has 0 aromatic rings. The summed E-state index contributed by atoms with van der Waals surface area (Å²) < 4.78 is 0. The minimum Gasteiger partial charge on any atom is -0.481 e. The first-order valence-corrected chi connectivity index (χ1v) is 8.45. The second-order valence-electron chi connectivity index (χ2n) is 6.18. The number of aliphatic hydroxyl groups is 2. The van der Waals surface area contributed by atoms with Gasteiger partial charge in [-0.25, -0.2) is 0 Å². The van der Waals surface area contributed by atoms with Crippen molar-refractivity contribution in [3.8, 4) is 0 Å². The lowest BCUT2D eigenvalue weighted by atomic mass is 9.90. The summed E-state index contributed by atoms with van der Waals surface area (Å²) in [4.78, 5) is 10.4. The molecule has 3 N–H and O–H groups in total. The van der Waals surface area contributed by atoms with Gasteiger partial charge >= 0.3 is 5.97 Å². The molecule has 0 heterocycles. The summed E-state index contributed by atoms with van der Waals surface area (Å²) in [5.74, 6) is -0.162. The average Bonchev–Trinajstić information content (AvgIpc) is 2.84. The van der Waals surface area contributed by atoms with Crippen molar-refractivity contribution in [2.45, 2.75) is 70.5 Å². The van der Waals surface area contributed by atoms with Crippen molar-refractivity contribution in [3.63, 3.8) is 0 Å². The van der Waals surface area contributed by atoms with Crippen LogP contribution in [0.15, 0.2) is 24.3 Å². The normalized spacial score (nSPS) is 27.0. The molecule has 126 valence electrons. The van der Waals surface area contributed by atoms with Crippen molar-refractivity contribution < 1.29 is 20.1 Å². The third-order valence-electron chi connectivity index (χ3n) is 4.43. The first-order valence-electron chi connectivity index (χ1n) is 8.45. The van der Waals surface area contributed by atoms with Crippen molar-refractivity contribution in [2.24, 2.45) is 11.8 Å². The van der Waals surface area contributed by atoms with Crippen LogP contribution < -0.4 is 0 Å². The first-order chi connectivity index (χ1) is 10.5. The quantitative estimate of drug-likeness (QED) is 0.427. The Kier molecular flexibility index (Phi) is 9.09. The van der Waals surface area contributed by atoms with Crippen LogP contribution in [0.2, 0.25) is 0 Å². The van der Waals surface area contributed by atoms with Crippen molar-refractivity contribution in [1.82, 2.24) is 0 Å². The molecule has 4 nitrogen and oxygen atoms in total. The minimum absolute atomic E-state index is 0.232. The molecular formula is C18H30O4. The molecule has 1 fully saturated rings. The maximum absolute atomic E-state index is 10.4. The highest BCUT2D eigenvalue weighted by molar-refractivity contribution is 5.66. The predicted octanol–water partition coefficient (Wildman–Crippen LogP) is 3.29. The molecule has 1 rings (SSSR count). The number of carboxylic acid groups (broad SMARTS) is 1. The highest BCUT2D eigenvalue weighted by Gasteiger charge is 2.32. The predicted molar refractivity (Wildman–Crippen MR) is 87.5 cm³/mol. The molecule has 1 aliphatic rings. The van der Waals surface area contributed by atoms with Crippen molar-refractivity contribution in [1.29, 1.82) is 0 Å². The van der Waals surface area contributed by atoms with E-state index in [0.717, 1.165) is 32.1 Å². The fourth-order valence-corrected chi connectivity index (χ4v) is 2.96. The van der Waals surface area contributed by atoms with Crippen molar-refractivity contribution >= 4 is 5.97 Å². The van der Waals surface area contributed by atoms with E-state index >= 15 is 0 Å². The van der Waals surface area contributed by atoms with Gasteiger partial charge < -0.3 is 15.3 Å². The van der Waals surface area contributed by atoms with Crippen LogP contribution >= 0.6 is 0 Å². The lowest BCUT2D eigenvalue weighted by molar-refractivity contribution is -0.137. The van der Waals surface area contributed by atoms with E-state index in [9.17, 15) is 15.0 Å². The summed E-state index contributed by atoms with van der Waals surface area (Å²) in [5.41, 5.74) is 0. The van der Waals surface area contributed by atoms with Gasteiger partial charge in [0.15, 0.2) is 0 Å². The Bertz CT molecular complexity index is 375.